The van der Waals surface area contributed by atoms with Crippen molar-refractivity contribution in [3.05, 3.63) is 12.2 Å². The van der Waals surface area contributed by atoms with Gasteiger partial charge < -0.3 is 10.5 Å². The maximum atomic E-state index is 11.6. The highest BCUT2D eigenvalue weighted by atomic mass is 17.2. The number of carbonyl (C=O) groups excluding carboxylic acids is 5. The molecule has 1 atom stereocenters. The monoisotopic (exact) mass is 287 g/mol. The molecule has 1 aliphatic rings. The van der Waals surface area contributed by atoms with E-state index in [-0.39, 0.29) is 6.29 Å². The third-order valence-corrected chi connectivity index (χ3v) is 2.09. The van der Waals surface area contributed by atoms with E-state index < -0.39 is 42.3 Å². The topological polar surface area (TPSA) is 148 Å². The van der Waals surface area contributed by atoms with Crippen LogP contribution in [0.15, 0.2) is 12.2 Å². The summed E-state index contributed by atoms with van der Waals surface area (Å²) >= 11 is 0. The lowest BCUT2D eigenvalue weighted by Gasteiger charge is -2.21. The molecular weight excluding hydrogens is 278 g/mol. The molecule has 1 unspecified atom stereocenters. The first-order valence-electron chi connectivity index (χ1n) is 5.12. The van der Waals surface area contributed by atoms with Gasteiger partial charge in [0, 0.05) is 18.6 Å². The zero-order valence-corrected chi connectivity index (χ0v) is 9.90. The third kappa shape index (κ3) is 4.17. The van der Waals surface area contributed by atoms with Crippen molar-refractivity contribution in [3.8, 4) is 0 Å². The molecule has 0 aromatic rings. The molecule has 1 heterocycles. The van der Waals surface area contributed by atoms with Crippen molar-refractivity contribution < 1.29 is 43.5 Å². The van der Waals surface area contributed by atoms with Crippen LogP contribution >= 0.6 is 0 Å². The smallest absolute Gasteiger partial charge is 0.315 e. The highest BCUT2D eigenvalue weighted by Gasteiger charge is 2.41. The Morgan fingerprint density at radius 3 is 2.15 bits per heavy atom. The average Bonchev–Trinajstić information content (AvgIpc) is 2.39. The Morgan fingerprint density at radius 1 is 1.05 bits per heavy atom. The van der Waals surface area contributed by atoms with Crippen LogP contribution in [0.25, 0.3) is 0 Å². The van der Waals surface area contributed by atoms with E-state index in [0.717, 1.165) is 0 Å². The molecule has 0 saturated carbocycles. The summed E-state index contributed by atoms with van der Waals surface area (Å²) in [6.45, 7) is 0. The standard InChI is InChI=1S/C10H9NO9/c11-10(3-4-12)5-8(15)19-17-6(13)1-2-7(14)18-20-9(10)16/h1-2,4H,3,5,11H2/b2-1-. The van der Waals surface area contributed by atoms with Crippen LogP contribution in [0, 0.1) is 0 Å². The predicted molar refractivity (Wildman–Crippen MR) is 55.7 cm³/mol. The van der Waals surface area contributed by atoms with Crippen LogP contribution < -0.4 is 5.73 Å². The van der Waals surface area contributed by atoms with Gasteiger partial charge in [-0.2, -0.15) is 0 Å². The van der Waals surface area contributed by atoms with Gasteiger partial charge >= 0.3 is 23.9 Å². The van der Waals surface area contributed by atoms with Crippen LogP contribution in [0.5, 0.6) is 0 Å². The molecule has 0 fully saturated rings. The van der Waals surface area contributed by atoms with Gasteiger partial charge in [0.2, 0.25) is 0 Å². The Labute approximate surface area is 111 Å². The number of hydrogen-bond acceptors (Lipinski definition) is 10. The van der Waals surface area contributed by atoms with Crippen molar-refractivity contribution in [3.63, 3.8) is 0 Å². The molecule has 0 saturated heterocycles. The fourth-order valence-corrected chi connectivity index (χ4v) is 1.10. The Balaban J connectivity index is 2.96. The summed E-state index contributed by atoms with van der Waals surface area (Å²) < 4.78 is 0. The van der Waals surface area contributed by atoms with E-state index in [1.807, 2.05) is 0 Å². The van der Waals surface area contributed by atoms with E-state index in [2.05, 4.69) is 19.6 Å². The molecule has 20 heavy (non-hydrogen) atoms. The van der Waals surface area contributed by atoms with E-state index in [1.54, 1.807) is 0 Å². The molecule has 0 bridgehead atoms. The Kier molecular flexibility index (Phi) is 4.92. The second-order valence-electron chi connectivity index (χ2n) is 3.67. The summed E-state index contributed by atoms with van der Waals surface area (Å²) in [5.41, 5.74) is 3.39. The molecule has 0 aromatic heterocycles. The molecule has 0 aromatic carbocycles. The number of carbonyl (C=O) groups is 5. The SMILES string of the molecule is NC1(CC=O)CC(=O)OOC(=O)/C=C\C(=O)OOC1=O. The second kappa shape index (κ2) is 6.43. The lowest BCUT2D eigenvalue weighted by molar-refractivity contribution is -0.264. The molecule has 2 N–H and O–H groups in total. The van der Waals surface area contributed by atoms with Crippen LogP contribution in [0.2, 0.25) is 0 Å². The summed E-state index contributed by atoms with van der Waals surface area (Å²) in [6, 6.07) is 0. The Hall–Kier alpha value is -2.75. The number of aldehydes is 1. The van der Waals surface area contributed by atoms with Crippen molar-refractivity contribution in [1.82, 2.24) is 0 Å². The first kappa shape index (κ1) is 15.3. The van der Waals surface area contributed by atoms with Gasteiger partial charge in [-0.15, -0.1) is 0 Å². The summed E-state index contributed by atoms with van der Waals surface area (Å²) in [6.07, 6.45) is -0.0509. The van der Waals surface area contributed by atoms with E-state index >= 15 is 0 Å². The number of nitrogens with two attached hydrogens (primary N) is 1. The molecule has 0 spiro atoms. The fourth-order valence-electron chi connectivity index (χ4n) is 1.10. The molecule has 1 aliphatic heterocycles. The van der Waals surface area contributed by atoms with E-state index in [0.29, 0.717) is 12.2 Å². The lowest BCUT2D eigenvalue weighted by Crippen LogP contribution is -2.51. The van der Waals surface area contributed by atoms with Crippen LogP contribution in [0.4, 0.5) is 0 Å². The largest absolute Gasteiger partial charge is 0.379 e. The third-order valence-electron chi connectivity index (χ3n) is 2.09. The highest BCUT2D eigenvalue weighted by molar-refractivity contribution is 5.93. The predicted octanol–water partition coefficient (Wildman–Crippen LogP) is -1.76. The van der Waals surface area contributed by atoms with Gasteiger partial charge in [0.1, 0.15) is 11.8 Å². The van der Waals surface area contributed by atoms with Crippen LogP contribution in [-0.4, -0.2) is 35.7 Å². The number of hydrogen-bond donors (Lipinski definition) is 1. The highest BCUT2D eigenvalue weighted by Crippen LogP contribution is 2.15. The molecular formula is C10H9NO9. The first-order chi connectivity index (χ1) is 9.37. The van der Waals surface area contributed by atoms with Crippen LogP contribution in [-0.2, 0) is 43.5 Å². The molecule has 1 rings (SSSR count). The van der Waals surface area contributed by atoms with Gasteiger partial charge in [0.05, 0.1) is 6.42 Å². The minimum absolute atomic E-state index is 0.258. The van der Waals surface area contributed by atoms with Crippen molar-refractivity contribution >= 4 is 30.2 Å². The zero-order chi connectivity index (χ0) is 15.2. The molecule has 10 nitrogen and oxygen atoms in total. The minimum atomic E-state index is -2.12. The van der Waals surface area contributed by atoms with E-state index in [4.69, 9.17) is 5.73 Å². The van der Waals surface area contributed by atoms with Gasteiger partial charge in [0.25, 0.3) is 0 Å². The van der Waals surface area contributed by atoms with Gasteiger partial charge in [-0.25, -0.2) is 38.7 Å². The van der Waals surface area contributed by atoms with Crippen molar-refractivity contribution in [2.75, 3.05) is 0 Å². The second-order valence-corrected chi connectivity index (χ2v) is 3.67. The van der Waals surface area contributed by atoms with Crippen LogP contribution in [0.1, 0.15) is 12.8 Å². The van der Waals surface area contributed by atoms with Gasteiger partial charge in [-0.3, -0.25) is 0 Å². The summed E-state index contributed by atoms with van der Waals surface area (Å²) in [5.74, 6) is -4.92. The normalized spacial score (nSPS) is 26.1. The van der Waals surface area contributed by atoms with Gasteiger partial charge in [-0.05, 0) is 0 Å². The summed E-state index contributed by atoms with van der Waals surface area (Å²) in [7, 11) is 0. The Bertz CT molecular complexity index is 483. The van der Waals surface area contributed by atoms with Gasteiger partial charge in [0.15, 0.2) is 0 Å². The minimum Gasteiger partial charge on any atom is -0.315 e. The quantitative estimate of drug-likeness (QED) is 0.457. The summed E-state index contributed by atoms with van der Waals surface area (Å²) in [5, 5.41) is 0. The van der Waals surface area contributed by atoms with E-state index in [1.165, 1.54) is 0 Å². The fraction of sp³-hybridized carbons (Fsp3) is 0.300. The summed E-state index contributed by atoms with van der Waals surface area (Å²) in [4.78, 5) is 71.5. The molecule has 0 radical (unpaired) electrons. The maximum absolute atomic E-state index is 11.6. The van der Waals surface area contributed by atoms with Gasteiger partial charge in [-0.1, -0.05) is 0 Å². The van der Waals surface area contributed by atoms with E-state index in [9.17, 15) is 24.0 Å². The molecule has 108 valence electrons. The maximum Gasteiger partial charge on any atom is 0.379 e. The van der Waals surface area contributed by atoms with Crippen molar-refractivity contribution in [1.29, 1.82) is 0 Å². The molecule has 0 amide bonds. The van der Waals surface area contributed by atoms with Crippen molar-refractivity contribution in [2.24, 2.45) is 5.73 Å². The van der Waals surface area contributed by atoms with Crippen molar-refractivity contribution in [2.45, 2.75) is 18.4 Å². The molecule has 10 heteroatoms. The number of rotatable bonds is 2. The first-order valence-corrected chi connectivity index (χ1v) is 5.12. The lowest BCUT2D eigenvalue weighted by atomic mass is 9.93. The average molecular weight is 287 g/mol. The molecule has 0 aliphatic carbocycles. The Morgan fingerprint density at radius 2 is 1.60 bits per heavy atom. The zero-order valence-electron chi connectivity index (χ0n) is 9.90. The van der Waals surface area contributed by atoms with Crippen LogP contribution in [0.3, 0.4) is 0 Å².